The number of carbonyl (C=O) groups is 2. The van der Waals surface area contributed by atoms with E-state index in [-0.39, 0.29) is 17.7 Å². The number of carbonyl (C=O) groups excluding carboxylic acids is 2. The maximum absolute atomic E-state index is 12.4. The van der Waals surface area contributed by atoms with E-state index in [0.29, 0.717) is 19.6 Å². The van der Waals surface area contributed by atoms with Gasteiger partial charge in [-0.2, -0.15) is 0 Å². The summed E-state index contributed by atoms with van der Waals surface area (Å²) in [5, 5.41) is 5.28. The third-order valence-electron chi connectivity index (χ3n) is 4.89. The van der Waals surface area contributed by atoms with Gasteiger partial charge in [-0.15, -0.1) is 0 Å². The van der Waals surface area contributed by atoms with E-state index in [1.807, 2.05) is 30.3 Å². The quantitative estimate of drug-likeness (QED) is 0.931. The molecule has 5 nitrogen and oxygen atoms in total. The Kier molecular flexibility index (Phi) is 5.22. The molecule has 0 aromatic heterocycles. The first-order valence-corrected chi connectivity index (χ1v) is 8.67. The highest BCUT2D eigenvalue weighted by molar-refractivity contribution is 5.85. The van der Waals surface area contributed by atoms with Crippen LogP contribution in [0.2, 0.25) is 0 Å². The zero-order chi connectivity index (χ0) is 17.8. The van der Waals surface area contributed by atoms with Gasteiger partial charge in [0.05, 0.1) is 7.11 Å². The molecule has 0 spiro atoms. The van der Waals surface area contributed by atoms with E-state index in [0.717, 1.165) is 34.9 Å². The molecule has 1 aliphatic heterocycles. The fourth-order valence-electron chi connectivity index (χ4n) is 3.30. The molecular formula is C20H24N2O3. The molecule has 0 saturated carbocycles. The molecule has 1 saturated heterocycles. The topological polar surface area (TPSA) is 58.6 Å². The number of amides is 2. The second kappa shape index (κ2) is 7.55. The highest BCUT2D eigenvalue weighted by atomic mass is 16.5. The molecule has 0 atom stereocenters. The predicted octanol–water partition coefficient (Wildman–Crippen LogP) is 2.72. The maximum atomic E-state index is 12.4. The number of benzene rings is 2. The smallest absolute Gasteiger partial charge is 0.223 e. The Morgan fingerprint density at radius 1 is 1.12 bits per heavy atom. The van der Waals surface area contributed by atoms with Crippen molar-refractivity contribution in [1.82, 2.24) is 10.2 Å². The van der Waals surface area contributed by atoms with Crippen molar-refractivity contribution >= 4 is 22.6 Å². The summed E-state index contributed by atoms with van der Waals surface area (Å²) in [6, 6.07) is 12.1. The number of likely N-dealkylation sites (tertiary alicyclic amines) is 1. The summed E-state index contributed by atoms with van der Waals surface area (Å²) >= 11 is 0. The van der Waals surface area contributed by atoms with Crippen LogP contribution in [0.25, 0.3) is 10.8 Å². The van der Waals surface area contributed by atoms with Gasteiger partial charge >= 0.3 is 0 Å². The monoisotopic (exact) mass is 340 g/mol. The normalized spacial score (nSPS) is 15.2. The van der Waals surface area contributed by atoms with Gasteiger partial charge in [0.25, 0.3) is 0 Å². The van der Waals surface area contributed by atoms with Crippen LogP contribution < -0.4 is 10.1 Å². The van der Waals surface area contributed by atoms with E-state index < -0.39 is 0 Å². The SMILES string of the molecule is COc1ccc2cc(CNC(=O)C3CCN(C(C)=O)CC3)ccc2c1. The number of methoxy groups -OCH3 is 1. The Labute approximate surface area is 148 Å². The van der Waals surface area contributed by atoms with Crippen molar-refractivity contribution in [3.63, 3.8) is 0 Å². The summed E-state index contributed by atoms with van der Waals surface area (Å²) in [7, 11) is 1.66. The average Bonchev–Trinajstić information content (AvgIpc) is 2.65. The molecule has 2 aromatic carbocycles. The number of rotatable bonds is 4. The van der Waals surface area contributed by atoms with E-state index >= 15 is 0 Å². The number of hydrogen-bond donors (Lipinski definition) is 1. The van der Waals surface area contributed by atoms with Crippen LogP contribution in [-0.4, -0.2) is 36.9 Å². The van der Waals surface area contributed by atoms with Gasteiger partial charge in [-0.3, -0.25) is 9.59 Å². The number of fused-ring (bicyclic) bond motifs is 1. The van der Waals surface area contributed by atoms with E-state index in [2.05, 4.69) is 11.4 Å². The molecule has 0 bridgehead atoms. The molecule has 0 aliphatic carbocycles. The van der Waals surface area contributed by atoms with E-state index in [1.54, 1.807) is 18.9 Å². The van der Waals surface area contributed by atoms with Gasteiger partial charge in [-0.25, -0.2) is 0 Å². The largest absolute Gasteiger partial charge is 0.497 e. The second-order valence-corrected chi connectivity index (χ2v) is 6.55. The fraction of sp³-hybridized carbons (Fsp3) is 0.400. The van der Waals surface area contributed by atoms with Crippen molar-refractivity contribution in [2.24, 2.45) is 5.92 Å². The molecule has 1 aliphatic rings. The lowest BCUT2D eigenvalue weighted by Gasteiger charge is -2.30. The maximum Gasteiger partial charge on any atom is 0.223 e. The number of piperidine rings is 1. The Morgan fingerprint density at radius 2 is 1.80 bits per heavy atom. The Bertz CT molecular complexity index is 780. The average molecular weight is 340 g/mol. The third-order valence-corrected chi connectivity index (χ3v) is 4.89. The minimum atomic E-state index is 0.000294. The fourth-order valence-corrected chi connectivity index (χ4v) is 3.30. The van der Waals surface area contributed by atoms with Gasteiger partial charge in [0.1, 0.15) is 5.75 Å². The lowest BCUT2D eigenvalue weighted by Crippen LogP contribution is -2.42. The predicted molar refractivity (Wildman–Crippen MR) is 97.3 cm³/mol. The first kappa shape index (κ1) is 17.3. The van der Waals surface area contributed by atoms with Crippen molar-refractivity contribution in [3.05, 3.63) is 42.0 Å². The number of nitrogens with zero attached hydrogens (tertiary/aromatic N) is 1. The van der Waals surface area contributed by atoms with Gasteiger partial charge in [0.15, 0.2) is 0 Å². The Morgan fingerprint density at radius 3 is 2.48 bits per heavy atom. The Balaban J connectivity index is 1.57. The number of nitrogens with one attached hydrogen (secondary N) is 1. The molecule has 0 radical (unpaired) electrons. The van der Waals surface area contributed by atoms with Gasteiger partial charge < -0.3 is 15.0 Å². The van der Waals surface area contributed by atoms with Crippen LogP contribution in [-0.2, 0) is 16.1 Å². The highest BCUT2D eigenvalue weighted by Crippen LogP contribution is 2.22. The zero-order valence-corrected chi connectivity index (χ0v) is 14.7. The van der Waals surface area contributed by atoms with Crippen molar-refractivity contribution in [2.75, 3.05) is 20.2 Å². The lowest BCUT2D eigenvalue weighted by molar-refractivity contribution is -0.134. The molecule has 3 rings (SSSR count). The molecule has 1 heterocycles. The van der Waals surface area contributed by atoms with Crippen LogP contribution in [0.1, 0.15) is 25.3 Å². The standard InChI is InChI=1S/C20H24N2O3/c1-14(23)22-9-7-16(8-10-22)20(24)21-13-15-3-4-18-12-19(25-2)6-5-17(18)11-15/h3-6,11-12,16H,7-10,13H2,1-2H3,(H,21,24). The van der Waals surface area contributed by atoms with Crippen LogP contribution in [0.4, 0.5) is 0 Å². The summed E-state index contributed by atoms with van der Waals surface area (Å²) in [5.74, 6) is 1.01. The summed E-state index contributed by atoms with van der Waals surface area (Å²) in [4.78, 5) is 25.5. The highest BCUT2D eigenvalue weighted by Gasteiger charge is 2.25. The summed E-state index contributed by atoms with van der Waals surface area (Å²) in [6.07, 6.45) is 1.48. The summed E-state index contributed by atoms with van der Waals surface area (Å²) in [5.41, 5.74) is 1.08. The van der Waals surface area contributed by atoms with Crippen LogP contribution >= 0.6 is 0 Å². The molecule has 1 fully saturated rings. The lowest BCUT2D eigenvalue weighted by atomic mass is 9.95. The van der Waals surface area contributed by atoms with Crippen molar-refractivity contribution in [1.29, 1.82) is 0 Å². The molecule has 2 amide bonds. The first-order chi connectivity index (χ1) is 12.1. The summed E-state index contributed by atoms with van der Waals surface area (Å²) < 4.78 is 5.24. The van der Waals surface area contributed by atoms with Crippen molar-refractivity contribution in [2.45, 2.75) is 26.3 Å². The van der Waals surface area contributed by atoms with E-state index in [9.17, 15) is 9.59 Å². The van der Waals surface area contributed by atoms with Gasteiger partial charge in [0.2, 0.25) is 11.8 Å². The van der Waals surface area contributed by atoms with E-state index in [1.165, 1.54) is 0 Å². The van der Waals surface area contributed by atoms with Crippen molar-refractivity contribution < 1.29 is 14.3 Å². The molecule has 0 unspecified atom stereocenters. The molecular weight excluding hydrogens is 316 g/mol. The van der Waals surface area contributed by atoms with Crippen LogP contribution in [0.15, 0.2) is 36.4 Å². The minimum Gasteiger partial charge on any atom is -0.497 e. The molecule has 1 N–H and O–H groups in total. The van der Waals surface area contributed by atoms with Gasteiger partial charge in [0, 0.05) is 32.5 Å². The third kappa shape index (κ3) is 4.10. The van der Waals surface area contributed by atoms with Crippen LogP contribution in [0, 0.1) is 5.92 Å². The van der Waals surface area contributed by atoms with Gasteiger partial charge in [-0.05, 0) is 47.4 Å². The zero-order valence-electron chi connectivity index (χ0n) is 14.7. The van der Waals surface area contributed by atoms with Crippen molar-refractivity contribution in [3.8, 4) is 5.75 Å². The molecule has 5 heteroatoms. The molecule has 2 aromatic rings. The summed E-state index contributed by atoms with van der Waals surface area (Å²) in [6.45, 7) is 3.44. The minimum absolute atomic E-state index is 0.000294. The van der Waals surface area contributed by atoms with Crippen LogP contribution in [0.5, 0.6) is 5.75 Å². The molecule has 132 valence electrons. The Hall–Kier alpha value is -2.56. The number of hydrogen-bond acceptors (Lipinski definition) is 3. The van der Waals surface area contributed by atoms with Gasteiger partial charge in [-0.1, -0.05) is 18.2 Å². The van der Waals surface area contributed by atoms with Crippen LogP contribution in [0.3, 0.4) is 0 Å². The first-order valence-electron chi connectivity index (χ1n) is 8.67. The number of ether oxygens (including phenoxy) is 1. The van der Waals surface area contributed by atoms with E-state index in [4.69, 9.17) is 4.74 Å². The molecule has 25 heavy (non-hydrogen) atoms. The second-order valence-electron chi connectivity index (χ2n) is 6.55.